The fraction of sp³-hybridized carbons (Fsp3) is 0.143. The van der Waals surface area contributed by atoms with Crippen molar-refractivity contribution in [1.82, 2.24) is 0 Å². The second kappa shape index (κ2) is 5.31. The molecular weight excluding hydrogens is 296 g/mol. The number of rotatable bonds is 3. The molecule has 0 unspecified atom stereocenters. The Morgan fingerprint density at radius 1 is 1.17 bits per heavy atom. The molecule has 0 aliphatic rings. The van der Waals surface area contributed by atoms with Crippen LogP contribution in [0.4, 0.5) is 0 Å². The van der Waals surface area contributed by atoms with Crippen LogP contribution in [0.25, 0.3) is 11.1 Å². The highest BCUT2D eigenvalue weighted by molar-refractivity contribution is 9.10. The lowest BCUT2D eigenvalue weighted by Gasteiger charge is -2.12. The fourth-order valence-electron chi connectivity index (χ4n) is 1.65. The normalized spacial score (nSPS) is 10.2. The minimum atomic E-state index is 0.0983. The summed E-state index contributed by atoms with van der Waals surface area (Å²) in [6.07, 6.45) is 0. The summed E-state index contributed by atoms with van der Waals surface area (Å²) < 4.78 is 11.3. The summed E-state index contributed by atoms with van der Waals surface area (Å²) in [5, 5.41) is 9.48. The molecule has 0 atom stereocenters. The first-order valence-corrected chi connectivity index (χ1v) is 6.08. The van der Waals surface area contributed by atoms with E-state index in [1.54, 1.807) is 32.4 Å². The van der Waals surface area contributed by atoms with E-state index in [0.717, 1.165) is 15.6 Å². The van der Waals surface area contributed by atoms with Gasteiger partial charge in [-0.15, -0.1) is 0 Å². The zero-order chi connectivity index (χ0) is 13.1. The van der Waals surface area contributed by atoms with Crippen molar-refractivity contribution in [2.24, 2.45) is 0 Å². The average molecular weight is 308 g/mol. The van der Waals surface area contributed by atoms with E-state index < -0.39 is 0 Å². The Bertz CT molecular complexity index is 567. The number of halogens is 1. The van der Waals surface area contributed by atoms with Gasteiger partial charge in [-0.3, -0.25) is 0 Å². The van der Waals surface area contributed by atoms with Gasteiger partial charge in [-0.1, -0.05) is 12.1 Å². The number of benzene rings is 2. The van der Waals surface area contributed by atoms with Crippen LogP contribution in [-0.2, 0) is 0 Å². The lowest BCUT2D eigenvalue weighted by molar-refractivity contribution is 0.393. The smallest absolute Gasteiger partial charge is 0.137 e. The molecule has 2 aromatic carbocycles. The predicted molar refractivity (Wildman–Crippen MR) is 73.2 cm³/mol. The van der Waals surface area contributed by atoms with Gasteiger partial charge in [-0.05, 0) is 33.6 Å². The van der Waals surface area contributed by atoms with E-state index in [4.69, 9.17) is 9.47 Å². The summed E-state index contributed by atoms with van der Waals surface area (Å²) in [5.74, 6) is 1.45. The molecule has 3 nitrogen and oxygen atoms in total. The summed E-state index contributed by atoms with van der Waals surface area (Å²) >= 11 is 3.48. The first kappa shape index (κ1) is 12.8. The van der Waals surface area contributed by atoms with Crippen molar-refractivity contribution in [2.45, 2.75) is 0 Å². The highest BCUT2D eigenvalue weighted by Crippen LogP contribution is 2.39. The molecule has 0 amide bonds. The van der Waals surface area contributed by atoms with Crippen molar-refractivity contribution in [3.63, 3.8) is 0 Å². The van der Waals surface area contributed by atoms with Gasteiger partial charge in [0.15, 0.2) is 0 Å². The van der Waals surface area contributed by atoms with E-state index in [0.29, 0.717) is 11.5 Å². The number of aromatic hydroxyl groups is 1. The van der Waals surface area contributed by atoms with Crippen LogP contribution in [0.1, 0.15) is 0 Å². The largest absolute Gasteiger partial charge is 0.507 e. The van der Waals surface area contributed by atoms with E-state index >= 15 is 0 Å². The van der Waals surface area contributed by atoms with Crippen LogP contribution in [0.2, 0.25) is 0 Å². The Morgan fingerprint density at radius 3 is 2.56 bits per heavy atom. The number of phenols is 1. The van der Waals surface area contributed by atoms with Crippen molar-refractivity contribution in [1.29, 1.82) is 0 Å². The number of ether oxygens (including phenoxy) is 2. The summed E-state index contributed by atoms with van der Waals surface area (Å²) in [4.78, 5) is 0. The molecule has 1 N–H and O–H groups in total. The average Bonchev–Trinajstić information content (AvgIpc) is 2.39. The van der Waals surface area contributed by atoms with Crippen LogP contribution in [0.3, 0.4) is 0 Å². The quantitative estimate of drug-likeness (QED) is 0.941. The van der Waals surface area contributed by atoms with Crippen molar-refractivity contribution in [3.05, 3.63) is 40.9 Å². The molecule has 2 aromatic rings. The van der Waals surface area contributed by atoms with Gasteiger partial charge in [0, 0.05) is 17.7 Å². The molecule has 0 aliphatic carbocycles. The fourth-order valence-corrected chi connectivity index (χ4v) is 2.25. The van der Waals surface area contributed by atoms with Crippen molar-refractivity contribution < 1.29 is 14.6 Å². The van der Waals surface area contributed by atoms with Crippen LogP contribution >= 0.6 is 15.9 Å². The van der Waals surface area contributed by atoms with Crippen LogP contribution in [0.5, 0.6) is 17.2 Å². The van der Waals surface area contributed by atoms with Gasteiger partial charge >= 0.3 is 0 Å². The summed E-state index contributed by atoms with van der Waals surface area (Å²) in [7, 11) is 3.19. The molecule has 93 valence electrons. The van der Waals surface area contributed by atoms with Gasteiger partial charge in [0.25, 0.3) is 0 Å². The summed E-state index contributed by atoms with van der Waals surface area (Å²) in [6.45, 7) is 0. The van der Waals surface area contributed by atoms with Crippen LogP contribution in [0, 0.1) is 6.07 Å². The zero-order valence-electron chi connectivity index (χ0n) is 10.0. The molecule has 0 saturated carbocycles. The molecule has 0 aromatic heterocycles. The van der Waals surface area contributed by atoms with E-state index in [2.05, 4.69) is 22.0 Å². The molecule has 0 fully saturated rings. The molecule has 0 aliphatic heterocycles. The lowest BCUT2D eigenvalue weighted by atomic mass is 10.0. The molecule has 0 heterocycles. The second-order valence-electron chi connectivity index (χ2n) is 3.64. The van der Waals surface area contributed by atoms with E-state index in [-0.39, 0.29) is 5.75 Å². The van der Waals surface area contributed by atoms with E-state index in [1.165, 1.54) is 0 Å². The Morgan fingerprint density at radius 2 is 1.94 bits per heavy atom. The van der Waals surface area contributed by atoms with Gasteiger partial charge in [-0.2, -0.15) is 0 Å². The van der Waals surface area contributed by atoms with Crippen molar-refractivity contribution >= 4 is 15.9 Å². The SMILES string of the molecule is COc1cc(OC)c(Br)c(-c2[c]c(O)ccc2)c1. The topological polar surface area (TPSA) is 38.7 Å². The summed E-state index contributed by atoms with van der Waals surface area (Å²) in [6, 6.07) is 11.7. The third-order valence-electron chi connectivity index (χ3n) is 2.54. The van der Waals surface area contributed by atoms with Gasteiger partial charge < -0.3 is 14.6 Å². The predicted octanol–water partition coefficient (Wildman–Crippen LogP) is 3.64. The molecule has 0 bridgehead atoms. The second-order valence-corrected chi connectivity index (χ2v) is 4.43. The third kappa shape index (κ3) is 2.43. The molecule has 0 saturated heterocycles. The minimum Gasteiger partial charge on any atom is -0.507 e. The standard InChI is InChI=1S/C14H12BrO3/c1-17-11-7-12(14(15)13(8-11)18-2)9-4-3-5-10(16)6-9/h3-5,7-8,16H,1-2H3. The minimum absolute atomic E-state index is 0.0983. The molecule has 1 radical (unpaired) electrons. The van der Waals surface area contributed by atoms with E-state index in [9.17, 15) is 5.11 Å². The Hall–Kier alpha value is -1.68. The third-order valence-corrected chi connectivity index (χ3v) is 3.36. The molecule has 4 heteroatoms. The molecule has 0 spiro atoms. The molecule has 18 heavy (non-hydrogen) atoms. The number of phenolic OH excluding ortho intramolecular Hbond substituents is 1. The molecule has 2 rings (SSSR count). The highest BCUT2D eigenvalue weighted by atomic mass is 79.9. The van der Waals surface area contributed by atoms with Gasteiger partial charge in [-0.25, -0.2) is 0 Å². The van der Waals surface area contributed by atoms with Crippen LogP contribution in [0.15, 0.2) is 34.8 Å². The van der Waals surface area contributed by atoms with Crippen molar-refractivity contribution in [2.75, 3.05) is 14.2 Å². The summed E-state index contributed by atoms with van der Waals surface area (Å²) in [5.41, 5.74) is 1.61. The maximum absolute atomic E-state index is 9.48. The zero-order valence-corrected chi connectivity index (χ0v) is 11.6. The Labute approximate surface area is 114 Å². The highest BCUT2D eigenvalue weighted by Gasteiger charge is 2.12. The number of methoxy groups -OCH3 is 2. The maximum Gasteiger partial charge on any atom is 0.137 e. The van der Waals surface area contributed by atoms with Crippen LogP contribution < -0.4 is 9.47 Å². The maximum atomic E-state index is 9.48. The lowest BCUT2D eigenvalue weighted by Crippen LogP contribution is -1.91. The van der Waals surface area contributed by atoms with Gasteiger partial charge in [0.05, 0.1) is 18.7 Å². The Kier molecular flexibility index (Phi) is 3.77. The first-order valence-electron chi connectivity index (χ1n) is 5.29. The first-order chi connectivity index (χ1) is 8.65. The number of hydrogen-bond donors (Lipinski definition) is 1. The van der Waals surface area contributed by atoms with Crippen molar-refractivity contribution in [3.8, 4) is 28.4 Å². The van der Waals surface area contributed by atoms with Gasteiger partial charge in [0.1, 0.15) is 17.2 Å². The van der Waals surface area contributed by atoms with Gasteiger partial charge in [0.2, 0.25) is 0 Å². The number of hydrogen-bond acceptors (Lipinski definition) is 3. The monoisotopic (exact) mass is 307 g/mol. The Balaban J connectivity index is 2.62. The van der Waals surface area contributed by atoms with E-state index in [1.807, 2.05) is 12.1 Å². The molecular formula is C14H12BrO3. The van der Waals surface area contributed by atoms with Crippen LogP contribution in [-0.4, -0.2) is 19.3 Å².